The number of carbonyl (C=O) groups is 1. The van der Waals surface area contributed by atoms with Gasteiger partial charge in [-0.2, -0.15) is 0 Å². The van der Waals surface area contributed by atoms with Gasteiger partial charge in [0.25, 0.3) is 0 Å². The second-order valence-electron chi connectivity index (χ2n) is 7.46. The first-order valence-electron chi connectivity index (χ1n) is 10.6. The number of nitrogens with one attached hydrogen (secondary N) is 1. The highest BCUT2D eigenvalue weighted by atomic mass is 16.5. The first-order valence-corrected chi connectivity index (χ1v) is 10.6. The standard InChI is InChI=1S/C26H27NO5/c1-29-22-13-8-14-23(30-2)26(22)31-16-15-27-17-20-24(28)19-11-6-7-12-21(19)32-25(20)18-9-4-3-5-10-18/h3-14,20,25,27H,15-17H2,1-2H3/t20-,25?/m0/s1. The second kappa shape index (κ2) is 10.2. The third-order valence-electron chi connectivity index (χ3n) is 5.51. The molecule has 0 aliphatic carbocycles. The molecular formula is C26H27NO5. The molecule has 1 aliphatic heterocycles. The summed E-state index contributed by atoms with van der Waals surface area (Å²) < 4.78 is 22.9. The maximum Gasteiger partial charge on any atom is 0.203 e. The van der Waals surface area contributed by atoms with Gasteiger partial charge in [0, 0.05) is 13.1 Å². The number of para-hydroxylation sites is 2. The van der Waals surface area contributed by atoms with Crippen LogP contribution in [0.4, 0.5) is 0 Å². The molecule has 0 saturated heterocycles. The number of ketones is 1. The molecule has 6 heteroatoms. The van der Waals surface area contributed by atoms with Gasteiger partial charge in [0.2, 0.25) is 5.75 Å². The van der Waals surface area contributed by atoms with Crippen molar-refractivity contribution >= 4 is 5.78 Å². The van der Waals surface area contributed by atoms with Crippen LogP contribution in [0.3, 0.4) is 0 Å². The van der Waals surface area contributed by atoms with Crippen LogP contribution in [0.25, 0.3) is 0 Å². The van der Waals surface area contributed by atoms with E-state index in [0.29, 0.717) is 48.3 Å². The van der Waals surface area contributed by atoms with Gasteiger partial charge in [-0.15, -0.1) is 0 Å². The van der Waals surface area contributed by atoms with Crippen LogP contribution in [0.5, 0.6) is 23.0 Å². The molecule has 2 atom stereocenters. The molecule has 3 aromatic rings. The Balaban J connectivity index is 1.42. The summed E-state index contributed by atoms with van der Waals surface area (Å²) in [5.74, 6) is 2.16. The largest absolute Gasteiger partial charge is 0.493 e. The number of carbonyl (C=O) groups excluding carboxylic acids is 1. The third kappa shape index (κ3) is 4.55. The minimum Gasteiger partial charge on any atom is -0.493 e. The highest BCUT2D eigenvalue weighted by Crippen LogP contribution is 2.38. The van der Waals surface area contributed by atoms with Gasteiger partial charge in [-0.3, -0.25) is 4.79 Å². The summed E-state index contributed by atoms with van der Waals surface area (Å²) in [5.41, 5.74) is 1.61. The van der Waals surface area contributed by atoms with E-state index in [9.17, 15) is 4.79 Å². The quantitative estimate of drug-likeness (QED) is 0.508. The van der Waals surface area contributed by atoms with Crippen LogP contribution in [0, 0.1) is 5.92 Å². The molecule has 1 aliphatic rings. The Morgan fingerprint density at radius 2 is 1.56 bits per heavy atom. The molecule has 0 radical (unpaired) electrons. The molecule has 1 N–H and O–H groups in total. The molecule has 32 heavy (non-hydrogen) atoms. The van der Waals surface area contributed by atoms with Crippen LogP contribution in [-0.4, -0.2) is 39.7 Å². The zero-order valence-corrected chi connectivity index (χ0v) is 18.2. The van der Waals surface area contributed by atoms with Crippen LogP contribution in [-0.2, 0) is 0 Å². The normalized spacial score (nSPS) is 17.2. The van der Waals surface area contributed by atoms with Crippen molar-refractivity contribution in [3.63, 3.8) is 0 Å². The molecule has 0 saturated carbocycles. The van der Waals surface area contributed by atoms with Crippen LogP contribution < -0.4 is 24.3 Å². The number of fused-ring (bicyclic) bond motifs is 1. The average Bonchev–Trinajstić information content (AvgIpc) is 2.85. The van der Waals surface area contributed by atoms with E-state index in [1.54, 1.807) is 14.2 Å². The zero-order chi connectivity index (χ0) is 22.3. The Morgan fingerprint density at radius 1 is 0.875 bits per heavy atom. The van der Waals surface area contributed by atoms with Crippen molar-refractivity contribution in [1.29, 1.82) is 0 Å². The topological polar surface area (TPSA) is 66.0 Å². The molecule has 166 valence electrons. The Labute approximate surface area is 188 Å². The molecule has 4 rings (SSSR count). The third-order valence-corrected chi connectivity index (χ3v) is 5.51. The number of methoxy groups -OCH3 is 2. The number of Topliss-reactive ketones (excluding diaryl/α,β-unsaturated/α-hetero) is 1. The van der Waals surface area contributed by atoms with Crippen molar-refractivity contribution in [2.24, 2.45) is 5.92 Å². The smallest absolute Gasteiger partial charge is 0.203 e. The molecule has 0 amide bonds. The van der Waals surface area contributed by atoms with E-state index >= 15 is 0 Å². The van der Waals surface area contributed by atoms with Gasteiger partial charge in [-0.1, -0.05) is 48.5 Å². The average molecular weight is 434 g/mol. The lowest BCUT2D eigenvalue weighted by molar-refractivity contribution is 0.0653. The summed E-state index contributed by atoms with van der Waals surface area (Å²) >= 11 is 0. The summed E-state index contributed by atoms with van der Waals surface area (Å²) in [4.78, 5) is 13.3. The fourth-order valence-corrected chi connectivity index (χ4v) is 3.91. The lowest BCUT2D eigenvalue weighted by Gasteiger charge is -2.33. The van der Waals surface area contributed by atoms with Crippen LogP contribution in [0.15, 0.2) is 72.8 Å². The summed E-state index contributed by atoms with van der Waals surface area (Å²) in [6, 6.07) is 22.8. The predicted octanol–water partition coefficient (Wildman–Crippen LogP) is 4.31. The fourth-order valence-electron chi connectivity index (χ4n) is 3.91. The monoisotopic (exact) mass is 433 g/mol. The van der Waals surface area contributed by atoms with E-state index in [1.807, 2.05) is 72.8 Å². The number of hydrogen-bond acceptors (Lipinski definition) is 6. The van der Waals surface area contributed by atoms with Gasteiger partial charge < -0.3 is 24.3 Å². The lowest BCUT2D eigenvalue weighted by atomic mass is 9.85. The van der Waals surface area contributed by atoms with Crippen molar-refractivity contribution < 1.29 is 23.7 Å². The number of ether oxygens (including phenoxy) is 4. The zero-order valence-electron chi connectivity index (χ0n) is 18.2. The van der Waals surface area contributed by atoms with Gasteiger partial charge in [-0.05, 0) is 29.8 Å². The highest BCUT2D eigenvalue weighted by molar-refractivity contribution is 6.01. The van der Waals surface area contributed by atoms with E-state index in [2.05, 4.69) is 5.32 Å². The fraction of sp³-hybridized carbons (Fsp3) is 0.269. The Bertz CT molecular complexity index is 1030. The molecule has 1 heterocycles. The van der Waals surface area contributed by atoms with Gasteiger partial charge >= 0.3 is 0 Å². The van der Waals surface area contributed by atoms with Crippen molar-refractivity contribution in [2.75, 3.05) is 33.9 Å². The minimum absolute atomic E-state index is 0.0838. The van der Waals surface area contributed by atoms with Crippen molar-refractivity contribution in [2.45, 2.75) is 6.10 Å². The number of hydrogen-bond donors (Lipinski definition) is 1. The first-order chi connectivity index (χ1) is 15.7. The van der Waals surface area contributed by atoms with E-state index in [0.717, 1.165) is 5.56 Å². The Hall–Kier alpha value is -3.51. The lowest BCUT2D eigenvalue weighted by Crippen LogP contribution is -2.39. The Morgan fingerprint density at radius 3 is 2.28 bits per heavy atom. The van der Waals surface area contributed by atoms with Crippen LogP contribution in [0.2, 0.25) is 0 Å². The summed E-state index contributed by atoms with van der Waals surface area (Å²) in [5, 5.41) is 3.35. The minimum atomic E-state index is -0.346. The summed E-state index contributed by atoms with van der Waals surface area (Å²) in [6.45, 7) is 1.42. The van der Waals surface area contributed by atoms with Gasteiger partial charge in [0.05, 0.1) is 25.7 Å². The van der Waals surface area contributed by atoms with Crippen LogP contribution >= 0.6 is 0 Å². The van der Waals surface area contributed by atoms with E-state index in [1.165, 1.54) is 0 Å². The molecule has 0 bridgehead atoms. The molecule has 0 aromatic heterocycles. The van der Waals surface area contributed by atoms with Crippen molar-refractivity contribution in [3.8, 4) is 23.0 Å². The number of benzene rings is 3. The predicted molar refractivity (Wildman–Crippen MR) is 122 cm³/mol. The summed E-state index contributed by atoms with van der Waals surface area (Å²) in [7, 11) is 3.19. The molecule has 1 unspecified atom stereocenters. The second-order valence-corrected chi connectivity index (χ2v) is 7.46. The van der Waals surface area contributed by atoms with Gasteiger partial charge in [0.15, 0.2) is 17.3 Å². The summed E-state index contributed by atoms with van der Waals surface area (Å²) in [6.07, 6.45) is -0.346. The van der Waals surface area contributed by atoms with Crippen molar-refractivity contribution in [1.82, 2.24) is 5.32 Å². The van der Waals surface area contributed by atoms with E-state index in [4.69, 9.17) is 18.9 Å². The molecule has 3 aromatic carbocycles. The van der Waals surface area contributed by atoms with E-state index in [-0.39, 0.29) is 17.8 Å². The number of rotatable bonds is 9. The van der Waals surface area contributed by atoms with Crippen molar-refractivity contribution in [3.05, 3.63) is 83.9 Å². The highest BCUT2D eigenvalue weighted by Gasteiger charge is 2.37. The maximum absolute atomic E-state index is 13.3. The van der Waals surface area contributed by atoms with Crippen LogP contribution in [0.1, 0.15) is 22.0 Å². The maximum atomic E-state index is 13.3. The molecule has 0 spiro atoms. The molecule has 6 nitrogen and oxygen atoms in total. The SMILES string of the molecule is COc1cccc(OC)c1OCCNC[C@H]1C(=O)c2ccccc2OC1c1ccccc1. The van der Waals surface area contributed by atoms with Gasteiger partial charge in [0.1, 0.15) is 18.5 Å². The Kier molecular flexibility index (Phi) is 6.92. The molecular weight excluding hydrogens is 406 g/mol. The van der Waals surface area contributed by atoms with Gasteiger partial charge in [-0.25, -0.2) is 0 Å². The molecule has 0 fully saturated rings. The first kappa shape index (κ1) is 21.7. The van der Waals surface area contributed by atoms with E-state index < -0.39 is 0 Å².